The van der Waals surface area contributed by atoms with Crippen LogP contribution < -0.4 is 15.5 Å². The van der Waals surface area contributed by atoms with E-state index in [0.29, 0.717) is 23.4 Å². The van der Waals surface area contributed by atoms with Crippen molar-refractivity contribution in [2.75, 3.05) is 10.2 Å². The van der Waals surface area contributed by atoms with Gasteiger partial charge in [0.1, 0.15) is 17.1 Å². The fraction of sp³-hybridized carbons (Fsp3) is 0.179. The van der Waals surface area contributed by atoms with Crippen molar-refractivity contribution in [3.8, 4) is 5.75 Å². The lowest BCUT2D eigenvalue weighted by Crippen LogP contribution is -2.53. The van der Waals surface area contributed by atoms with Crippen molar-refractivity contribution in [1.29, 1.82) is 0 Å². The largest absolute Gasteiger partial charge is 0.508 e. The lowest BCUT2D eigenvalue weighted by molar-refractivity contribution is -0.130. The highest BCUT2D eigenvalue weighted by Crippen LogP contribution is 2.54. The van der Waals surface area contributed by atoms with Crippen LogP contribution in [0.25, 0.3) is 10.9 Å². The number of carbonyl (C=O) groups excluding carboxylic acids is 3. The number of aromatic amines is 1. The average Bonchev–Trinajstić information content (AvgIpc) is 3.59. The van der Waals surface area contributed by atoms with Gasteiger partial charge in [-0.15, -0.1) is 0 Å². The van der Waals surface area contributed by atoms with E-state index < -0.39 is 47.0 Å². The SMILES string of the molecule is O=C1[C@H]2[C@H](Cc3c[nH]c4ccc(O)cc34)N[C@@]3(C(=O)Nc4ccc(F)cc43)[C@H]2C(=O)N1c1ccccc1. The summed E-state index contributed by atoms with van der Waals surface area (Å²) in [7, 11) is 0. The van der Waals surface area contributed by atoms with Gasteiger partial charge in [0.25, 0.3) is 0 Å². The molecule has 4 heterocycles. The van der Waals surface area contributed by atoms with E-state index in [1.165, 1.54) is 18.2 Å². The first kappa shape index (κ1) is 21.8. The summed E-state index contributed by atoms with van der Waals surface area (Å²) in [5.74, 6) is -3.76. The quantitative estimate of drug-likeness (QED) is 0.326. The molecule has 2 fully saturated rings. The summed E-state index contributed by atoms with van der Waals surface area (Å²) in [5, 5.41) is 16.9. The number of rotatable bonds is 3. The summed E-state index contributed by atoms with van der Waals surface area (Å²) in [6, 6.07) is 16.9. The van der Waals surface area contributed by atoms with Gasteiger partial charge >= 0.3 is 0 Å². The summed E-state index contributed by atoms with van der Waals surface area (Å²) in [4.78, 5) is 45.8. The number of H-pyrrole nitrogens is 1. The van der Waals surface area contributed by atoms with Crippen molar-refractivity contribution in [2.24, 2.45) is 11.8 Å². The number of nitrogens with zero attached hydrogens (tertiary/aromatic N) is 1. The van der Waals surface area contributed by atoms with Crippen LogP contribution in [0.15, 0.2) is 72.9 Å². The molecule has 4 aromatic rings. The molecule has 8 nitrogen and oxygen atoms in total. The Morgan fingerprint density at radius 3 is 2.59 bits per heavy atom. The number of phenolic OH excluding ortho intramolecular Hbond substituents is 1. The molecular formula is C28H21FN4O4. The number of fused-ring (bicyclic) bond motifs is 5. The van der Waals surface area contributed by atoms with Crippen LogP contribution >= 0.6 is 0 Å². The second-order valence-electron chi connectivity index (χ2n) is 9.80. The number of phenols is 1. The molecule has 3 amide bonds. The van der Waals surface area contributed by atoms with Crippen LogP contribution in [0.5, 0.6) is 5.75 Å². The fourth-order valence-electron chi connectivity index (χ4n) is 6.35. The van der Waals surface area contributed by atoms with Gasteiger partial charge in [0.2, 0.25) is 17.7 Å². The Balaban J connectivity index is 1.39. The lowest BCUT2D eigenvalue weighted by atomic mass is 9.76. The van der Waals surface area contributed by atoms with E-state index in [-0.39, 0.29) is 5.75 Å². The first-order valence-corrected chi connectivity index (χ1v) is 12.0. The molecule has 4 N–H and O–H groups in total. The standard InChI is InChI=1S/C28H21FN4O4/c29-15-6-8-21-19(11-15)28(27(37)31-21)24-23(25(35)33(26(24)36)16-4-2-1-3-5-16)22(32-28)10-14-13-30-20-9-7-17(34)12-18(14)20/h1-9,11-13,22-24,30,32,34H,10H2,(H,31,37)/t22-,23-,24+,28+/m0/s1. The average molecular weight is 496 g/mol. The van der Waals surface area contributed by atoms with E-state index in [4.69, 9.17) is 0 Å². The van der Waals surface area contributed by atoms with Crippen molar-refractivity contribution in [2.45, 2.75) is 18.0 Å². The Labute approximate surface area is 210 Å². The molecule has 0 bridgehead atoms. The molecule has 0 aliphatic carbocycles. The third-order valence-corrected chi connectivity index (χ3v) is 7.88. The predicted octanol–water partition coefficient (Wildman–Crippen LogP) is 3.18. The molecule has 1 aromatic heterocycles. The first-order valence-electron chi connectivity index (χ1n) is 12.0. The number of nitrogens with one attached hydrogen (secondary N) is 3. The summed E-state index contributed by atoms with van der Waals surface area (Å²) < 4.78 is 14.4. The highest BCUT2D eigenvalue weighted by atomic mass is 19.1. The van der Waals surface area contributed by atoms with Crippen LogP contribution in [-0.4, -0.2) is 33.9 Å². The van der Waals surface area contributed by atoms with Crippen molar-refractivity contribution >= 4 is 40.0 Å². The summed E-state index contributed by atoms with van der Waals surface area (Å²) in [6.07, 6.45) is 2.09. The van der Waals surface area contributed by atoms with Crippen LogP contribution in [0.1, 0.15) is 11.1 Å². The number of imide groups is 1. The highest BCUT2D eigenvalue weighted by molar-refractivity contribution is 6.25. The van der Waals surface area contributed by atoms with Crippen molar-refractivity contribution in [3.63, 3.8) is 0 Å². The summed E-state index contributed by atoms with van der Waals surface area (Å²) >= 11 is 0. The van der Waals surface area contributed by atoms with Crippen LogP contribution in [0, 0.1) is 17.7 Å². The lowest BCUT2D eigenvalue weighted by Gasteiger charge is -2.29. The number of anilines is 2. The van der Waals surface area contributed by atoms with E-state index in [0.717, 1.165) is 21.4 Å². The third kappa shape index (κ3) is 2.88. The smallest absolute Gasteiger partial charge is 0.250 e. The van der Waals surface area contributed by atoms with Crippen molar-refractivity contribution in [3.05, 3.63) is 89.9 Å². The zero-order valence-corrected chi connectivity index (χ0v) is 19.4. The van der Waals surface area contributed by atoms with Crippen LogP contribution in [0.4, 0.5) is 15.8 Å². The minimum Gasteiger partial charge on any atom is -0.508 e. The van der Waals surface area contributed by atoms with E-state index in [1.54, 1.807) is 54.7 Å². The van der Waals surface area contributed by atoms with E-state index in [9.17, 15) is 23.9 Å². The number of amides is 3. The molecular weight excluding hydrogens is 475 g/mol. The number of carbonyl (C=O) groups is 3. The third-order valence-electron chi connectivity index (χ3n) is 7.88. The second-order valence-corrected chi connectivity index (χ2v) is 9.80. The van der Waals surface area contributed by atoms with Crippen LogP contribution in [-0.2, 0) is 26.3 Å². The fourth-order valence-corrected chi connectivity index (χ4v) is 6.35. The number of aromatic nitrogens is 1. The molecule has 0 unspecified atom stereocenters. The minimum atomic E-state index is -1.60. The van der Waals surface area contributed by atoms with Gasteiger partial charge < -0.3 is 15.4 Å². The highest BCUT2D eigenvalue weighted by Gasteiger charge is 2.70. The molecule has 7 rings (SSSR count). The molecule has 37 heavy (non-hydrogen) atoms. The minimum absolute atomic E-state index is 0.101. The first-order chi connectivity index (χ1) is 17.9. The molecule has 3 aliphatic rings. The maximum atomic E-state index is 14.4. The Kier molecular flexibility index (Phi) is 4.41. The van der Waals surface area contributed by atoms with Crippen LogP contribution in [0.3, 0.4) is 0 Å². The predicted molar refractivity (Wildman–Crippen MR) is 133 cm³/mol. The van der Waals surface area contributed by atoms with Gasteiger partial charge in [0, 0.05) is 34.4 Å². The molecule has 0 radical (unpaired) electrons. The Hall–Kier alpha value is -4.50. The number of benzene rings is 3. The topological polar surface area (TPSA) is 115 Å². The molecule has 9 heteroatoms. The maximum absolute atomic E-state index is 14.4. The summed E-state index contributed by atoms with van der Waals surface area (Å²) in [6.45, 7) is 0. The van der Waals surface area contributed by atoms with Gasteiger partial charge in [-0.2, -0.15) is 0 Å². The summed E-state index contributed by atoms with van der Waals surface area (Å²) in [5.41, 5.74) is 1.18. The number of hydrogen-bond acceptors (Lipinski definition) is 5. The van der Waals surface area contributed by atoms with Gasteiger partial charge in [-0.05, 0) is 60.5 Å². The Morgan fingerprint density at radius 2 is 1.78 bits per heavy atom. The van der Waals surface area contributed by atoms with Gasteiger partial charge in [-0.25, -0.2) is 9.29 Å². The van der Waals surface area contributed by atoms with Gasteiger partial charge in [-0.3, -0.25) is 19.7 Å². The van der Waals surface area contributed by atoms with E-state index in [2.05, 4.69) is 15.6 Å². The van der Waals surface area contributed by atoms with Gasteiger partial charge in [-0.1, -0.05) is 18.2 Å². The van der Waals surface area contributed by atoms with Gasteiger partial charge in [0.15, 0.2) is 0 Å². The van der Waals surface area contributed by atoms with Crippen molar-refractivity contribution in [1.82, 2.24) is 10.3 Å². The molecule has 4 atom stereocenters. The number of hydrogen-bond donors (Lipinski definition) is 4. The molecule has 3 aromatic carbocycles. The van der Waals surface area contributed by atoms with Crippen molar-refractivity contribution < 1.29 is 23.9 Å². The monoisotopic (exact) mass is 496 g/mol. The number of aromatic hydroxyl groups is 1. The molecule has 1 spiro atoms. The number of halogens is 1. The van der Waals surface area contributed by atoms with Crippen LogP contribution in [0.2, 0.25) is 0 Å². The van der Waals surface area contributed by atoms with Gasteiger partial charge in [0.05, 0.1) is 17.5 Å². The zero-order chi connectivity index (χ0) is 25.5. The molecule has 2 saturated heterocycles. The molecule has 3 aliphatic heterocycles. The molecule has 184 valence electrons. The Bertz CT molecular complexity index is 1630. The zero-order valence-electron chi connectivity index (χ0n) is 19.4. The maximum Gasteiger partial charge on any atom is 0.250 e. The van der Waals surface area contributed by atoms with E-state index >= 15 is 0 Å². The number of para-hydroxylation sites is 1. The normalized spacial score (nSPS) is 26.2. The van der Waals surface area contributed by atoms with E-state index in [1.807, 2.05) is 0 Å². The molecule has 0 saturated carbocycles. The second kappa shape index (κ2) is 7.50. The Morgan fingerprint density at radius 1 is 0.973 bits per heavy atom.